The van der Waals surface area contributed by atoms with Crippen LogP contribution in [0.1, 0.15) is 18.3 Å². The molecule has 0 saturated heterocycles. The largest absolute Gasteiger partial charge is 0.370 e. The van der Waals surface area contributed by atoms with Crippen LogP contribution in [0.5, 0.6) is 0 Å². The van der Waals surface area contributed by atoms with Crippen LogP contribution in [0, 0.1) is 13.8 Å². The van der Waals surface area contributed by atoms with Gasteiger partial charge in [0.2, 0.25) is 0 Å². The van der Waals surface area contributed by atoms with E-state index in [9.17, 15) is 0 Å². The van der Waals surface area contributed by atoms with Crippen LogP contribution in [0.4, 0.5) is 17.3 Å². The first-order chi connectivity index (χ1) is 9.49. The molecule has 2 N–H and O–H groups in total. The molecule has 1 aromatic heterocycles. The Hall–Kier alpha value is -1.33. The zero-order valence-corrected chi connectivity index (χ0v) is 13.9. The normalized spacial score (nSPS) is 10.4. The number of hydrogen-bond donors (Lipinski definition) is 2. The molecule has 0 unspecified atom stereocenters. The Balaban J connectivity index is 2.32. The van der Waals surface area contributed by atoms with E-state index in [0.717, 1.165) is 33.9 Å². The molecule has 106 valence electrons. The van der Waals surface area contributed by atoms with Crippen LogP contribution in [0.3, 0.4) is 0 Å². The van der Waals surface area contributed by atoms with Gasteiger partial charge in [-0.25, -0.2) is 9.97 Å². The highest BCUT2D eigenvalue weighted by Crippen LogP contribution is 2.31. The summed E-state index contributed by atoms with van der Waals surface area (Å²) in [6.07, 6.45) is 0. The van der Waals surface area contributed by atoms with Gasteiger partial charge in [-0.05, 0) is 54.4 Å². The quantitative estimate of drug-likeness (QED) is 0.835. The molecule has 0 bridgehead atoms. The topological polar surface area (TPSA) is 49.8 Å². The van der Waals surface area contributed by atoms with E-state index in [2.05, 4.69) is 36.5 Å². The lowest BCUT2D eigenvalue weighted by molar-refractivity contribution is 1.04. The van der Waals surface area contributed by atoms with Crippen molar-refractivity contribution in [3.63, 3.8) is 0 Å². The molecule has 6 heteroatoms. The molecule has 2 aromatic rings. The van der Waals surface area contributed by atoms with Crippen LogP contribution in [0.25, 0.3) is 0 Å². The van der Waals surface area contributed by atoms with Gasteiger partial charge in [0, 0.05) is 22.1 Å². The molecule has 2 rings (SSSR count). The van der Waals surface area contributed by atoms with Crippen LogP contribution < -0.4 is 10.6 Å². The Labute approximate surface area is 132 Å². The standard InChI is InChI=1S/C14H16BrClN4/c1-4-17-13-7-14(19-9(3)18-13)20-12-6-11(16)8(2)5-10(12)15/h5-7H,4H2,1-3H3,(H2,17,18,19,20). The molecule has 0 atom stereocenters. The fourth-order valence-corrected chi connectivity index (χ4v) is 2.50. The van der Waals surface area contributed by atoms with Crippen molar-refractivity contribution in [3.8, 4) is 0 Å². The number of aryl methyl sites for hydroxylation is 2. The molecule has 0 aliphatic rings. The molecule has 20 heavy (non-hydrogen) atoms. The van der Waals surface area contributed by atoms with Gasteiger partial charge in [-0.15, -0.1) is 0 Å². The average Bonchev–Trinajstić information content (AvgIpc) is 2.35. The Morgan fingerprint density at radius 1 is 1.15 bits per heavy atom. The number of halogens is 2. The highest BCUT2D eigenvalue weighted by molar-refractivity contribution is 9.10. The predicted molar refractivity (Wildman–Crippen MR) is 88.1 cm³/mol. The summed E-state index contributed by atoms with van der Waals surface area (Å²) in [5, 5.41) is 7.15. The lowest BCUT2D eigenvalue weighted by Crippen LogP contribution is -2.04. The number of rotatable bonds is 4. The van der Waals surface area contributed by atoms with E-state index in [-0.39, 0.29) is 0 Å². The molecule has 0 aliphatic carbocycles. The van der Waals surface area contributed by atoms with Gasteiger partial charge in [-0.1, -0.05) is 11.6 Å². The summed E-state index contributed by atoms with van der Waals surface area (Å²) >= 11 is 9.68. The maximum atomic E-state index is 6.16. The summed E-state index contributed by atoms with van der Waals surface area (Å²) in [5.41, 5.74) is 1.90. The van der Waals surface area contributed by atoms with Crippen molar-refractivity contribution in [3.05, 3.63) is 39.1 Å². The van der Waals surface area contributed by atoms with Gasteiger partial charge in [0.05, 0.1) is 5.69 Å². The first kappa shape index (κ1) is 15.1. The predicted octanol–water partition coefficient (Wildman–Crippen LogP) is 4.68. The van der Waals surface area contributed by atoms with E-state index < -0.39 is 0 Å². The van der Waals surface area contributed by atoms with Gasteiger partial charge in [0.1, 0.15) is 17.5 Å². The zero-order valence-electron chi connectivity index (χ0n) is 11.6. The number of hydrogen-bond acceptors (Lipinski definition) is 4. The SMILES string of the molecule is CCNc1cc(Nc2cc(Cl)c(C)cc2Br)nc(C)n1. The van der Waals surface area contributed by atoms with Crippen LogP contribution in [-0.4, -0.2) is 16.5 Å². The molecule has 0 radical (unpaired) electrons. The fraction of sp³-hybridized carbons (Fsp3) is 0.286. The zero-order chi connectivity index (χ0) is 14.7. The van der Waals surface area contributed by atoms with Crippen LogP contribution in [0.15, 0.2) is 22.7 Å². The number of aromatic nitrogens is 2. The molecule has 0 amide bonds. The van der Waals surface area contributed by atoms with Crippen LogP contribution in [0.2, 0.25) is 5.02 Å². The van der Waals surface area contributed by atoms with Crippen molar-refractivity contribution < 1.29 is 0 Å². The van der Waals surface area contributed by atoms with Crippen LogP contribution >= 0.6 is 27.5 Å². The molecule has 0 spiro atoms. The Morgan fingerprint density at radius 3 is 2.55 bits per heavy atom. The monoisotopic (exact) mass is 354 g/mol. The smallest absolute Gasteiger partial charge is 0.136 e. The van der Waals surface area contributed by atoms with Crippen molar-refractivity contribution in [1.29, 1.82) is 0 Å². The number of nitrogens with one attached hydrogen (secondary N) is 2. The third-order valence-electron chi connectivity index (χ3n) is 2.71. The molecule has 1 aromatic carbocycles. The van der Waals surface area contributed by atoms with Gasteiger partial charge in [-0.2, -0.15) is 0 Å². The minimum atomic E-state index is 0.709. The summed E-state index contributed by atoms with van der Waals surface area (Å²) in [6.45, 7) is 6.68. The Bertz CT molecular complexity index is 631. The van der Waals surface area contributed by atoms with E-state index in [1.807, 2.05) is 39.0 Å². The summed E-state index contributed by atoms with van der Waals surface area (Å²) in [4.78, 5) is 8.70. The maximum Gasteiger partial charge on any atom is 0.136 e. The number of anilines is 3. The fourth-order valence-electron chi connectivity index (χ4n) is 1.78. The lowest BCUT2D eigenvalue weighted by Gasteiger charge is -2.12. The first-order valence-electron chi connectivity index (χ1n) is 6.32. The Kier molecular flexibility index (Phi) is 4.83. The summed E-state index contributed by atoms with van der Waals surface area (Å²) < 4.78 is 0.945. The van der Waals surface area contributed by atoms with Gasteiger partial charge in [0.15, 0.2) is 0 Å². The molecule has 0 fully saturated rings. The molecular weight excluding hydrogens is 340 g/mol. The first-order valence-corrected chi connectivity index (χ1v) is 7.49. The second-order valence-corrected chi connectivity index (χ2v) is 5.68. The minimum Gasteiger partial charge on any atom is -0.370 e. The Morgan fingerprint density at radius 2 is 1.85 bits per heavy atom. The maximum absolute atomic E-state index is 6.16. The van der Waals surface area contributed by atoms with E-state index in [1.165, 1.54) is 0 Å². The van der Waals surface area contributed by atoms with Crippen molar-refractivity contribution in [2.24, 2.45) is 0 Å². The van der Waals surface area contributed by atoms with Crippen molar-refractivity contribution >= 4 is 44.9 Å². The van der Waals surface area contributed by atoms with Crippen molar-refractivity contribution in [2.75, 3.05) is 17.2 Å². The summed E-state index contributed by atoms with van der Waals surface area (Å²) in [6, 6.07) is 5.73. The van der Waals surface area contributed by atoms with Gasteiger partial charge >= 0.3 is 0 Å². The summed E-state index contributed by atoms with van der Waals surface area (Å²) in [5.74, 6) is 2.24. The van der Waals surface area contributed by atoms with Gasteiger partial charge in [-0.3, -0.25) is 0 Å². The molecule has 0 aliphatic heterocycles. The van der Waals surface area contributed by atoms with Crippen molar-refractivity contribution in [2.45, 2.75) is 20.8 Å². The highest BCUT2D eigenvalue weighted by atomic mass is 79.9. The van der Waals surface area contributed by atoms with Gasteiger partial charge in [0.25, 0.3) is 0 Å². The van der Waals surface area contributed by atoms with Crippen LogP contribution in [-0.2, 0) is 0 Å². The van der Waals surface area contributed by atoms with E-state index >= 15 is 0 Å². The van der Waals surface area contributed by atoms with Crippen molar-refractivity contribution in [1.82, 2.24) is 9.97 Å². The molecule has 1 heterocycles. The van der Waals surface area contributed by atoms with Gasteiger partial charge < -0.3 is 10.6 Å². The molecule has 4 nitrogen and oxygen atoms in total. The minimum absolute atomic E-state index is 0.709. The third kappa shape index (κ3) is 3.61. The second-order valence-electron chi connectivity index (χ2n) is 4.42. The lowest BCUT2D eigenvalue weighted by atomic mass is 10.2. The second kappa shape index (κ2) is 6.41. The third-order valence-corrected chi connectivity index (χ3v) is 3.77. The van der Waals surface area contributed by atoms with E-state index in [1.54, 1.807) is 0 Å². The highest BCUT2D eigenvalue weighted by Gasteiger charge is 2.07. The average molecular weight is 356 g/mol. The number of benzene rings is 1. The number of nitrogens with zero attached hydrogens (tertiary/aromatic N) is 2. The molecule has 0 saturated carbocycles. The molecular formula is C14H16BrClN4. The summed E-state index contributed by atoms with van der Waals surface area (Å²) in [7, 11) is 0. The van der Waals surface area contributed by atoms with E-state index in [4.69, 9.17) is 11.6 Å². The van der Waals surface area contributed by atoms with E-state index in [0.29, 0.717) is 10.8 Å².